The van der Waals surface area contributed by atoms with Crippen molar-refractivity contribution in [3.8, 4) is 0 Å². The molecule has 1 aromatic heterocycles. The maximum Gasteiger partial charge on any atom is 0.191 e. The van der Waals surface area contributed by atoms with Crippen molar-refractivity contribution in [2.75, 3.05) is 46.4 Å². The molecule has 1 unspecified atom stereocenters. The van der Waals surface area contributed by atoms with Crippen molar-refractivity contribution in [2.24, 2.45) is 10.9 Å². The molecule has 0 aromatic carbocycles. The third-order valence-electron chi connectivity index (χ3n) is 4.62. The zero-order valence-electron chi connectivity index (χ0n) is 17.2. The first-order valence-corrected chi connectivity index (χ1v) is 10.6. The van der Waals surface area contributed by atoms with Crippen molar-refractivity contribution in [3.05, 3.63) is 16.1 Å². The predicted octanol–water partition coefficient (Wildman–Crippen LogP) is 2.78. The fourth-order valence-electron chi connectivity index (χ4n) is 3.20. The average molecular weight is 510 g/mol. The summed E-state index contributed by atoms with van der Waals surface area (Å²) < 4.78 is 5.50. The molecule has 1 aromatic rings. The van der Waals surface area contributed by atoms with Gasteiger partial charge in [0.1, 0.15) is 0 Å². The molecule has 1 saturated heterocycles. The van der Waals surface area contributed by atoms with E-state index in [4.69, 9.17) is 4.74 Å². The van der Waals surface area contributed by atoms with Crippen LogP contribution in [0.5, 0.6) is 0 Å². The lowest BCUT2D eigenvalue weighted by Crippen LogP contribution is -2.51. The zero-order valence-corrected chi connectivity index (χ0v) is 20.3. The normalized spacial score (nSPS) is 16.9. The first-order chi connectivity index (χ1) is 12.6. The third kappa shape index (κ3) is 9.06. The number of morpholine rings is 1. The number of aliphatic imine (C=N–C) groups is 1. The minimum Gasteiger partial charge on any atom is -0.379 e. The molecule has 1 fully saturated rings. The first-order valence-electron chi connectivity index (χ1n) is 9.82. The molecule has 1 atom stereocenters. The molecule has 2 N–H and O–H groups in total. The Balaban J connectivity index is 0.00000364. The molecule has 0 saturated carbocycles. The van der Waals surface area contributed by atoms with Gasteiger partial charge < -0.3 is 15.4 Å². The molecule has 0 bridgehead atoms. The van der Waals surface area contributed by atoms with Gasteiger partial charge in [0, 0.05) is 56.8 Å². The lowest BCUT2D eigenvalue weighted by molar-refractivity contribution is 0.0132. The van der Waals surface area contributed by atoms with E-state index in [0.29, 0.717) is 12.0 Å². The largest absolute Gasteiger partial charge is 0.379 e. The Morgan fingerprint density at radius 2 is 2.07 bits per heavy atom. The quantitative estimate of drug-likeness (QED) is 0.305. The number of ether oxygens (including phenoxy) is 1. The van der Waals surface area contributed by atoms with Crippen LogP contribution in [0.25, 0.3) is 0 Å². The van der Waals surface area contributed by atoms with E-state index in [-0.39, 0.29) is 24.0 Å². The van der Waals surface area contributed by atoms with Crippen molar-refractivity contribution in [1.29, 1.82) is 0 Å². The topological polar surface area (TPSA) is 61.8 Å². The van der Waals surface area contributed by atoms with Crippen LogP contribution >= 0.6 is 35.3 Å². The summed E-state index contributed by atoms with van der Waals surface area (Å²) in [5.41, 5.74) is 0. The van der Waals surface area contributed by atoms with E-state index in [9.17, 15) is 0 Å². The van der Waals surface area contributed by atoms with E-state index >= 15 is 0 Å². The van der Waals surface area contributed by atoms with Gasteiger partial charge in [0.2, 0.25) is 0 Å². The minimum atomic E-state index is 0. The highest BCUT2D eigenvalue weighted by atomic mass is 127. The number of thiazole rings is 1. The van der Waals surface area contributed by atoms with Crippen LogP contribution in [-0.2, 0) is 17.6 Å². The van der Waals surface area contributed by atoms with E-state index in [1.807, 2.05) is 13.2 Å². The van der Waals surface area contributed by atoms with Crippen molar-refractivity contribution < 1.29 is 4.74 Å². The second-order valence-corrected chi connectivity index (χ2v) is 8.34. The number of aryl methyl sites for hydroxylation is 1. The van der Waals surface area contributed by atoms with Crippen LogP contribution < -0.4 is 10.6 Å². The van der Waals surface area contributed by atoms with Crippen LogP contribution in [0.4, 0.5) is 0 Å². The minimum absolute atomic E-state index is 0. The van der Waals surface area contributed by atoms with Gasteiger partial charge in [-0.1, -0.05) is 20.8 Å². The van der Waals surface area contributed by atoms with Gasteiger partial charge in [0.25, 0.3) is 0 Å². The lowest BCUT2D eigenvalue weighted by atomic mass is 10.0. The number of nitrogens with one attached hydrogen (secondary N) is 2. The Morgan fingerprint density at radius 1 is 1.33 bits per heavy atom. The Morgan fingerprint density at radius 3 is 2.67 bits per heavy atom. The standard InChI is InChI=1S/C19H35N5OS.HI/c1-5-17-14-22-18(26-17)6-7-21-19(20-4)23-13-16(12-15(2)3)24-8-10-25-11-9-24;/h14-16H,5-13H2,1-4H3,(H2,20,21,23);1H. The highest BCUT2D eigenvalue weighted by Crippen LogP contribution is 2.14. The Hall–Kier alpha value is -0.450. The van der Waals surface area contributed by atoms with E-state index in [1.165, 1.54) is 16.3 Å². The van der Waals surface area contributed by atoms with Crippen LogP contribution in [0.15, 0.2) is 11.2 Å². The summed E-state index contributed by atoms with van der Waals surface area (Å²) in [6, 6.07) is 0.517. The molecule has 156 valence electrons. The van der Waals surface area contributed by atoms with Crippen molar-refractivity contribution in [1.82, 2.24) is 20.5 Å². The third-order valence-corrected chi connectivity index (χ3v) is 5.82. The molecule has 8 heteroatoms. The second-order valence-electron chi connectivity index (χ2n) is 7.14. The van der Waals surface area contributed by atoms with Gasteiger partial charge in [-0.05, 0) is 18.8 Å². The molecule has 0 aliphatic carbocycles. The molecule has 1 aliphatic rings. The van der Waals surface area contributed by atoms with E-state index in [2.05, 4.69) is 46.3 Å². The molecule has 1 aliphatic heterocycles. The summed E-state index contributed by atoms with van der Waals surface area (Å²) in [5, 5.41) is 8.12. The van der Waals surface area contributed by atoms with Crippen molar-refractivity contribution >= 4 is 41.3 Å². The summed E-state index contributed by atoms with van der Waals surface area (Å²) in [5.74, 6) is 1.55. The maximum atomic E-state index is 5.50. The molecule has 2 heterocycles. The van der Waals surface area contributed by atoms with Crippen LogP contribution in [0.2, 0.25) is 0 Å². The summed E-state index contributed by atoms with van der Waals surface area (Å²) in [4.78, 5) is 12.7. The van der Waals surface area contributed by atoms with E-state index in [1.54, 1.807) is 11.3 Å². The fraction of sp³-hybridized carbons (Fsp3) is 0.789. The number of hydrogen-bond donors (Lipinski definition) is 2. The number of halogens is 1. The van der Waals surface area contributed by atoms with Gasteiger partial charge >= 0.3 is 0 Å². The van der Waals surface area contributed by atoms with Crippen molar-refractivity contribution in [3.63, 3.8) is 0 Å². The molecule has 0 amide bonds. The van der Waals surface area contributed by atoms with E-state index in [0.717, 1.165) is 58.2 Å². The summed E-state index contributed by atoms with van der Waals surface area (Å²) in [6.07, 6.45) is 5.17. The van der Waals surface area contributed by atoms with Gasteiger partial charge in [-0.25, -0.2) is 4.98 Å². The zero-order chi connectivity index (χ0) is 18.8. The molecule has 27 heavy (non-hydrogen) atoms. The Kier molecular flexibility index (Phi) is 12.5. The van der Waals surface area contributed by atoms with Gasteiger partial charge in [-0.15, -0.1) is 35.3 Å². The SMILES string of the molecule is CCc1cnc(CCNC(=NC)NCC(CC(C)C)N2CCOCC2)s1.I. The highest BCUT2D eigenvalue weighted by molar-refractivity contribution is 14.0. The summed E-state index contributed by atoms with van der Waals surface area (Å²) >= 11 is 1.81. The highest BCUT2D eigenvalue weighted by Gasteiger charge is 2.22. The smallest absolute Gasteiger partial charge is 0.191 e. The van der Waals surface area contributed by atoms with Gasteiger partial charge in [0.15, 0.2) is 5.96 Å². The average Bonchev–Trinajstić information content (AvgIpc) is 3.11. The van der Waals surface area contributed by atoms with Gasteiger partial charge in [-0.2, -0.15) is 0 Å². The maximum absolute atomic E-state index is 5.50. The van der Waals surface area contributed by atoms with Crippen LogP contribution in [-0.4, -0.2) is 68.3 Å². The Bertz CT molecular complexity index is 546. The molecule has 0 spiro atoms. The summed E-state index contributed by atoms with van der Waals surface area (Å²) in [7, 11) is 1.83. The first kappa shape index (κ1) is 24.6. The lowest BCUT2D eigenvalue weighted by Gasteiger charge is -2.35. The summed E-state index contributed by atoms with van der Waals surface area (Å²) in [6.45, 7) is 12.2. The monoisotopic (exact) mass is 509 g/mol. The number of nitrogens with zero attached hydrogens (tertiary/aromatic N) is 3. The molecule has 6 nitrogen and oxygen atoms in total. The van der Waals surface area contributed by atoms with Crippen LogP contribution in [0, 0.1) is 5.92 Å². The fourth-order valence-corrected chi connectivity index (χ4v) is 4.06. The van der Waals surface area contributed by atoms with Crippen LogP contribution in [0.3, 0.4) is 0 Å². The second kappa shape index (κ2) is 13.7. The number of hydrogen-bond acceptors (Lipinski definition) is 5. The molecular formula is C19H36IN5OS. The van der Waals surface area contributed by atoms with Gasteiger partial charge in [0.05, 0.1) is 18.2 Å². The van der Waals surface area contributed by atoms with Crippen molar-refractivity contribution in [2.45, 2.75) is 46.1 Å². The molecular weight excluding hydrogens is 473 g/mol. The Labute approximate surface area is 185 Å². The van der Waals surface area contributed by atoms with E-state index < -0.39 is 0 Å². The van der Waals surface area contributed by atoms with Gasteiger partial charge in [-0.3, -0.25) is 9.89 Å². The number of aromatic nitrogens is 1. The molecule has 2 rings (SSSR count). The van der Waals surface area contributed by atoms with Crippen LogP contribution in [0.1, 0.15) is 37.1 Å². The number of rotatable bonds is 9. The molecule has 0 radical (unpaired) electrons. The predicted molar refractivity (Wildman–Crippen MR) is 126 cm³/mol. The number of guanidine groups is 1.